The van der Waals surface area contributed by atoms with Crippen molar-refractivity contribution >= 4 is 17.9 Å². The van der Waals surface area contributed by atoms with Gasteiger partial charge in [0.05, 0.1) is 0 Å². The Morgan fingerprint density at radius 1 is 1.00 bits per heavy atom. The van der Waals surface area contributed by atoms with E-state index >= 15 is 0 Å². The lowest BCUT2D eigenvalue weighted by molar-refractivity contribution is -0.148. The van der Waals surface area contributed by atoms with Crippen molar-refractivity contribution in [1.82, 2.24) is 14.7 Å². The van der Waals surface area contributed by atoms with Crippen LogP contribution >= 0.6 is 0 Å². The van der Waals surface area contributed by atoms with Crippen LogP contribution in [0.1, 0.15) is 25.7 Å². The molecular formula is C13H21N3O4. The van der Waals surface area contributed by atoms with Crippen molar-refractivity contribution in [2.75, 3.05) is 39.3 Å². The van der Waals surface area contributed by atoms with Gasteiger partial charge in [-0.05, 0) is 19.4 Å². The van der Waals surface area contributed by atoms with Gasteiger partial charge in [-0.2, -0.15) is 0 Å². The second kappa shape index (κ2) is 6.69. The maximum Gasteiger partial charge on any atom is 0.407 e. The molecule has 0 aromatic carbocycles. The number of rotatable bonds is 4. The number of carboxylic acid groups (broad SMARTS) is 1. The summed E-state index contributed by atoms with van der Waals surface area (Å²) in [5, 5.41) is 8.85. The van der Waals surface area contributed by atoms with E-state index in [1.165, 1.54) is 9.80 Å². The van der Waals surface area contributed by atoms with Crippen LogP contribution in [-0.4, -0.2) is 77.0 Å². The molecule has 2 heterocycles. The van der Waals surface area contributed by atoms with E-state index < -0.39 is 6.09 Å². The maximum atomic E-state index is 11.6. The van der Waals surface area contributed by atoms with E-state index in [9.17, 15) is 14.4 Å². The predicted octanol–water partition coefficient (Wildman–Crippen LogP) is 0.211. The Hall–Kier alpha value is -1.63. The lowest BCUT2D eigenvalue weighted by Crippen LogP contribution is -2.49. The zero-order chi connectivity index (χ0) is 14.5. The van der Waals surface area contributed by atoms with Crippen molar-refractivity contribution < 1.29 is 19.5 Å². The van der Waals surface area contributed by atoms with Crippen LogP contribution in [0.2, 0.25) is 0 Å². The fourth-order valence-corrected chi connectivity index (χ4v) is 2.66. The van der Waals surface area contributed by atoms with Gasteiger partial charge in [-0.25, -0.2) is 4.79 Å². The molecule has 7 nitrogen and oxygen atoms in total. The smallest absolute Gasteiger partial charge is 0.407 e. The van der Waals surface area contributed by atoms with Crippen LogP contribution in [0.15, 0.2) is 0 Å². The maximum absolute atomic E-state index is 11.6. The molecule has 112 valence electrons. The standard InChI is InChI=1S/C13H21N3O4/c17-11-3-1-4-12(18)16(11)6-2-5-14-7-9-15(10-8-14)13(19)20/h1-10H2,(H,19,20). The molecule has 0 spiro atoms. The summed E-state index contributed by atoms with van der Waals surface area (Å²) in [6.45, 7) is 3.76. The lowest BCUT2D eigenvalue weighted by atomic mass is 10.1. The molecule has 20 heavy (non-hydrogen) atoms. The van der Waals surface area contributed by atoms with Crippen LogP contribution in [0.5, 0.6) is 0 Å². The molecule has 2 aliphatic heterocycles. The number of imide groups is 1. The number of piperidine rings is 1. The summed E-state index contributed by atoms with van der Waals surface area (Å²) in [6.07, 6.45) is 1.51. The van der Waals surface area contributed by atoms with Crippen molar-refractivity contribution in [3.8, 4) is 0 Å². The van der Waals surface area contributed by atoms with Crippen LogP contribution < -0.4 is 0 Å². The number of amides is 3. The zero-order valence-corrected chi connectivity index (χ0v) is 11.6. The van der Waals surface area contributed by atoms with Gasteiger partial charge >= 0.3 is 6.09 Å². The normalized spacial score (nSPS) is 21.4. The Bertz CT molecular complexity index is 375. The molecule has 3 amide bonds. The average Bonchev–Trinajstić information content (AvgIpc) is 2.42. The van der Waals surface area contributed by atoms with Crippen molar-refractivity contribution in [1.29, 1.82) is 0 Å². The molecule has 0 unspecified atom stereocenters. The van der Waals surface area contributed by atoms with Crippen LogP contribution in [0.25, 0.3) is 0 Å². The van der Waals surface area contributed by atoms with Gasteiger partial charge in [-0.3, -0.25) is 19.4 Å². The molecule has 0 aromatic rings. The minimum atomic E-state index is -0.867. The summed E-state index contributed by atoms with van der Waals surface area (Å²) < 4.78 is 0. The van der Waals surface area contributed by atoms with Gasteiger partial charge in [0.2, 0.25) is 11.8 Å². The van der Waals surface area contributed by atoms with Gasteiger partial charge in [-0.1, -0.05) is 0 Å². The molecule has 0 bridgehead atoms. The first-order chi connectivity index (χ1) is 9.58. The van der Waals surface area contributed by atoms with Gasteiger partial charge in [-0.15, -0.1) is 0 Å². The lowest BCUT2D eigenvalue weighted by Gasteiger charge is -2.33. The van der Waals surface area contributed by atoms with E-state index in [0.717, 1.165) is 13.0 Å². The zero-order valence-electron chi connectivity index (χ0n) is 11.6. The van der Waals surface area contributed by atoms with E-state index in [2.05, 4.69) is 4.90 Å². The fraction of sp³-hybridized carbons (Fsp3) is 0.769. The molecule has 7 heteroatoms. The molecule has 2 aliphatic rings. The summed E-state index contributed by atoms with van der Waals surface area (Å²) in [5.74, 6) is -0.117. The first-order valence-electron chi connectivity index (χ1n) is 7.11. The minimum Gasteiger partial charge on any atom is -0.465 e. The van der Waals surface area contributed by atoms with Gasteiger partial charge in [0.15, 0.2) is 0 Å². The Morgan fingerprint density at radius 3 is 2.15 bits per heavy atom. The third-order valence-electron chi connectivity index (χ3n) is 3.88. The first kappa shape index (κ1) is 14.8. The molecule has 2 fully saturated rings. The van der Waals surface area contributed by atoms with Crippen molar-refractivity contribution in [3.05, 3.63) is 0 Å². The monoisotopic (exact) mass is 283 g/mol. The summed E-state index contributed by atoms with van der Waals surface area (Å²) in [4.78, 5) is 39.0. The molecule has 0 aromatic heterocycles. The highest BCUT2D eigenvalue weighted by Crippen LogP contribution is 2.12. The SMILES string of the molecule is O=C(O)N1CCN(CCCN2C(=O)CCCC2=O)CC1. The van der Waals surface area contributed by atoms with E-state index in [-0.39, 0.29) is 11.8 Å². The number of likely N-dealkylation sites (tertiary alicyclic amines) is 1. The van der Waals surface area contributed by atoms with Crippen molar-refractivity contribution in [2.45, 2.75) is 25.7 Å². The highest BCUT2D eigenvalue weighted by atomic mass is 16.4. The summed E-state index contributed by atoms with van der Waals surface area (Å²) in [5.41, 5.74) is 0. The number of hydrogen-bond acceptors (Lipinski definition) is 4. The largest absolute Gasteiger partial charge is 0.465 e. The summed E-state index contributed by atoms with van der Waals surface area (Å²) in [7, 11) is 0. The second-order valence-electron chi connectivity index (χ2n) is 5.26. The quantitative estimate of drug-likeness (QED) is 0.746. The van der Waals surface area contributed by atoms with Gasteiger partial charge in [0, 0.05) is 45.6 Å². The topological polar surface area (TPSA) is 81.2 Å². The molecule has 0 aliphatic carbocycles. The van der Waals surface area contributed by atoms with E-state index in [1.54, 1.807) is 0 Å². The molecular weight excluding hydrogens is 262 g/mol. The Kier molecular flexibility index (Phi) is 4.94. The summed E-state index contributed by atoms with van der Waals surface area (Å²) in [6, 6.07) is 0. The predicted molar refractivity (Wildman–Crippen MR) is 71.2 cm³/mol. The van der Waals surface area contributed by atoms with E-state index in [1.807, 2.05) is 0 Å². The van der Waals surface area contributed by atoms with Crippen LogP contribution in [-0.2, 0) is 9.59 Å². The third kappa shape index (κ3) is 3.69. The molecule has 0 radical (unpaired) electrons. The average molecular weight is 283 g/mol. The van der Waals surface area contributed by atoms with Gasteiger partial charge in [0.1, 0.15) is 0 Å². The number of nitrogens with zero attached hydrogens (tertiary/aromatic N) is 3. The number of piperazine rings is 1. The number of hydrogen-bond donors (Lipinski definition) is 1. The highest BCUT2D eigenvalue weighted by molar-refractivity contribution is 5.97. The first-order valence-corrected chi connectivity index (χ1v) is 7.11. The number of carbonyl (C=O) groups is 3. The highest BCUT2D eigenvalue weighted by Gasteiger charge is 2.26. The molecule has 0 atom stereocenters. The van der Waals surface area contributed by atoms with Crippen LogP contribution in [0.4, 0.5) is 4.79 Å². The van der Waals surface area contributed by atoms with Crippen molar-refractivity contribution in [2.24, 2.45) is 0 Å². The Balaban J connectivity index is 1.67. The van der Waals surface area contributed by atoms with Gasteiger partial charge in [0.25, 0.3) is 0 Å². The van der Waals surface area contributed by atoms with E-state index in [0.29, 0.717) is 52.0 Å². The van der Waals surface area contributed by atoms with Crippen molar-refractivity contribution in [3.63, 3.8) is 0 Å². The minimum absolute atomic E-state index is 0.0584. The second-order valence-corrected chi connectivity index (χ2v) is 5.26. The van der Waals surface area contributed by atoms with Gasteiger partial charge < -0.3 is 10.0 Å². The van der Waals surface area contributed by atoms with Crippen LogP contribution in [0, 0.1) is 0 Å². The molecule has 2 saturated heterocycles. The van der Waals surface area contributed by atoms with Crippen LogP contribution in [0.3, 0.4) is 0 Å². The number of carbonyl (C=O) groups excluding carboxylic acids is 2. The molecule has 0 saturated carbocycles. The fourth-order valence-electron chi connectivity index (χ4n) is 2.66. The Morgan fingerprint density at radius 2 is 1.60 bits per heavy atom. The third-order valence-corrected chi connectivity index (χ3v) is 3.88. The van der Waals surface area contributed by atoms with E-state index in [4.69, 9.17) is 5.11 Å². The summed E-state index contributed by atoms with van der Waals surface area (Å²) >= 11 is 0. The molecule has 1 N–H and O–H groups in total. The molecule has 2 rings (SSSR count). The Labute approximate surface area is 118 Å².